The molecule has 0 bridgehead atoms. The van der Waals surface area contributed by atoms with Gasteiger partial charge in [-0.05, 0) is 44.6 Å². The van der Waals surface area contributed by atoms with Crippen molar-refractivity contribution in [3.05, 3.63) is 30.5 Å². The second-order valence-corrected chi connectivity index (χ2v) is 7.77. The van der Waals surface area contributed by atoms with Gasteiger partial charge in [0, 0.05) is 18.8 Å². The van der Waals surface area contributed by atoms with E-state index in [-0.39, 0.29) is 17.6 Å². The third-order valence-electron chi connectivity index (χ3n) is 5.51. The van der Waals surface area contributed by atoms with Crippen LogP contribution in [0.1, 0.15) is 69.7 Å². The number of amides is 1. The fourth-order valence-corrected chi connectivity index (χ4v) is 3.97. The van der Waals surface area contributed by atoms with Crippen molar-refractivity contribution in [1.82, 2.24) is 19.7 Å². The summed E-state index contributed by atoms with van der Waals surface area (Å²) in [4.78, 5) is 20.9. The van der Waals surface area contributed by atoms with Crippen molar-refractivity contribution < 1.29 is 9.53 Å². The number of aromatic nitrogens is 3. The molecule has 1 aliphatic rings. The van der Waals surface area contributed by atoms with Gasteiger partial charge in [-0.1, -0.05) is 26.7 Å². The molecule has 2 aromatic heterocycles. The van der Waals surface area contributed by atoms with Crippen LogP contribution in [-0.2, 0) is 4.74 Å². The molecule has 0 unspecified atom stereocenters. The maximum atomic E-state index is 12.7. The summed E-state index contributed by atoms with van der Waals surface area (Å²) in [6, 6.07) is 1.97. The van der Waals surface area contributed by atoms with Gasteiger partial charge in [-0.3, -0.25) is 9.20 Å². The van der Waals surface area contributed by atoms with Crippen LogP contribution in [0.15, 0.2) is 24.9 Å². The molecule has 6 nitrogen and oxygen atoms in total. The lowest BCUT2D eigenvalue weighted by Gasteiger charge is -2.41. The van der Waals surface area contributed by atoms with E-state index < -0.39 is 0 Å². The van der Waals surface area contributed by atoms with Crippen LogP contribution in [0.4, 0.5) is 0 Å². The van der Waals surface area contributed by atoms with Crippen LogP contribution in [-0.4, -0.2) is 38.5 Å². The molecule has 1 amide bonds. The van der Waals surface area contributed by atoms with Crippen molar-refractivity contribution in [2.75, 3.05) is 6.61 Å². The van der Waals surface area contributed by atoms with Gasteiger partial charge in [0.25, 0.3) is 5.91 Å². The van der Waals surface area contributed by atoms with E-state index in [2.05, 4.69) is 36.1 Å². The van der Waals surface area contributed by atoms with Gasteiger partial charge in [0.2, 0.25) is 0 Å². The molecule has 0 aliphatic heterocycles. The number of hydrogen-bond acceptors (Lipinski definition) is 4. The Morgan fingerprint density at radius 3 is 3.08 bits per heavy atom. The van der Waals surface area contributed by atoms with E-state index >= 15 is 0 Å². The third-order valence-corrected chi connectivity index (χ3v) is 5.51. The van der Waals surface area contributed by atoms with E-state index in [1.165, 1.54) is 19.2 Å². The van der Waals surface area contributed by atoms with Crippen molar-refractivity contribution in [3.63, 3.8) is 0 Å². The number of carbonyl (C=O) groups excluding carboxylic acids is 1. The van der Waals surface area contributed by atoms with E-state index in [0.717, 1.165) is 32.3 Å². The highest BCUT2D eigenvalue weighted by Crippen LogP contribution is 2.35. The lowest BCUT2D eigenvalue weighted by Crippen LogP contribution is -2.48. The molecule has 3 atom stereocenters. The number of unbranched alkanes of at least 4 members (excludes halogenated alkanes) is 2. The lowest BCUT2D eigenvalue weighted by molar-refractivity contribution is -0.0742. The molecule has 3 rings (SSSR count). The highest BCUT2D eigenvalue weighted by molar-refractivity contribution is 6.00. The van der Waals surface area contributed by atoms with Crippen LogP contribution in [0.3, 0.4) is 0 Å². The quantitative estimate of drug-likeness (QED) is 0.768. The van der Waals surface area contributed by atoms with Crippen molar-refractivity contribution in [3.8, 4) is 0 Å². The van der Waals surface area contributed by atoms with Gasteiger partial charge in [0.1, 0.15) is 12.7 Å². The summed E-state index contributed by atoms with van der Waals surface area (Å²) in [7, 11) is 0. The standard InChI is InChI=1S/C20H30N4O2/c1-4-5-6-11-26-20(3)9-7-17(15(2)12-20)23-19(25)16-8-10-24-14-21-13-22-18(16)24/h8,10,13-15,17H,4-7,9,11-12H2,1-3H3,(H,23,25)/t15-,17-,20-/m0/s1. The van der Waals surface area contributed by atoms with Gasteiger partial charge in [-0.2, -0.15) is 0 Å². The van der Waals surface area contributed by atoms with E-state index in [1.807, 2.05) is 6.20 Å². The van der Waals surface area contributed by atoms with Gasteiger partial charge < -0.3 is 10.1 Å². The number of fused-ring (bicyclic) bond motifs is 1. The molecule has 2 aromatic rings. The highest BCUT2D eigenvalue weighted by atomic mass is 16.5. The number of carbonyl (C=O) groups is 1. The Bertz CT molecular complexity index is 744. The maximum absolute atomic E-state index is 12.7. The molecule has 142 valence electrons. The van der Waals surface area contributed by atoms with Gasteiger partial charge in [-0.25, -0.2) is 9.97 Å². The summed E-state index contributed by atoms with van der Waals surface area (Å²) < 4.78 is 7.96. The second-order valence-electron chi connectivity index (χ2n) is 7.77. The summed E-state index contributed by atoms with van der Waals surface area (Å²) in [5.41, 5.74) is 1.18. The maximum Gasteiger partial charge on any atom is 0.255 e. The Morgan fingerprint density at radius 2 is 2.31 bits per heavy atom. The molecule has 0 saturated heterocycles. The number of ether oxygens (including phenoxy) is 1. The summed E-state index contributed by atoms with van der Waals surface area (Å²) in [6.45, 7) is 7.46. The number of rotatable bonds is 7. The Labute approximate surface area is 155 Å². The Kier molecular flexibility index (Phi) is 5.91. The third kappa shape index (κ3) is 4.23. The van der Waals surface area contributed by atoms with Crippen LogP contribution in [0, 0.1) is 5.92 Å². The summed E-state index contributed by atoms with van der Waals surface area (Å²) in [5, 5.41) is 3.21. The van der Waals surface area contributed by atoms with Gasteiger partial charge in [-0.15, -0.1) is 0 Å². The zero-order valence-corrected chi connectivity index (χ0v) is 16.1. The predicted molar refractivity (Wildman–Crippen MR) is 101 cm³/mol. The average molecular weight is 358 g/mol. The first kappa shape index (κ1) is 18.8. The molecule has 2 heterocycles. The van der Waals surface area contributed by atoms with Crippen molar-refractivity contribution in [2.45, 2.75) is 70.9 Å². The van der Waals surface area contributed by atoms with Crippen molar-refractivity contribution in [2.24, 2.45) is 5.92 Å². The normalized spacial score (nSPS) is 26.1. The van der Waals surface area contributed by atoms with E-state index in [1.54, 1.807) is 16.8 Å². The van der Waals surface area contributed by atoms with Crippen LogP contribution >= 0.6 is 0 Å². The number of hydrogen-bond donors (Lipinski definition) is 1. The van der Waals surface area contributed by atoms with E-state index in [9.17, 15) is 4.79 Å². The molecule has 1 fully saturated rings. The molecule has 0 aromatic carbocycles. The first-order chi connectivity index (χ1) is 12.5. The monoisotopic (exact) mass is 358 g/mol. The first-order valence-electron chi connectivity index (χ1n) is 9.74. The first-order valence-corrected chi connectivity index (χ1v) is 9.74. The second kappa shape index (κ2) is 8.16. The van der Waals surface area contributed by atoms with Crippen LogP contribution in [0.25, 0.3) is 5.65 Å². The summed E-state index contributed by atoms with van der Waals surface area (Å²) in [6.07, 6.45) is 11.4. The Morgan fingerprint density at radius 1 is 1.46 bits per heavy atom. The molecule has 1 aliphatic carbocycles. The summed E-state index contributed by atoms with van der Waals surface area (Å²) >= 11 is 0. The Hall–Kier alpha value is -1.95. The average Bonchev–Trinajstić information content (AvgIpc) is 3.06. The zero-order valence-electron chi connectivity index (χ0n) is 16.1. The molecule has 1 N–H and O–H groups in total. The SMILES string of the molecule is CCCCCO[C@@]1(C)CC[C@H](NC(=O)c2ccn3cncnc23)[C@@H](C)C1. The minimum atomic E-state index is -0.0650. The molecule has 6 heteroatoms. The molecule has 0 radical (unpaired) electrons. The molecule has 0 spiro atoms. The van der Waals surface area contributed by atoms with Crippen LogP contribution in [0.2, 0.25) is 0 Å². The van der Waals surface area contributed by atoms with Gasteiger partial charge >= 0.3 is 0 Å². The largest absolute Gasteiger partial charge is 0.375 e. The zero-order chi connectivity index (χ0) is 18.6. The van der Waals surface area contributed by atoms with Gasteiger partial charge in [0.15, 0.2) is 5.65 Å². The fraction of sp³-hybridized carbons (Fsp3) is 0.650. The van der Waals surface area contributed by atoms with E-state index in [4.69, 9.17) is 4.74 Å². The number of nitrogens with one attached hydrogen (secondary N) is 1. The van der Waals surface area contributed by atoms with Crippen LogP contribution < -0.4 is 5.32 Å². The number of nitrogens with zero attached hydrogens (tertiary/aromatic N) is 3. The smallest absolute Gasteiger partial charge is 0.255 e. The summed E-state index contributed by atoms with van der Waals surface area (Å²) in [5.74, 6) is 0.322. The molecule has 26 heavy (non-hydrogen) atoms. The predicted octanol–water partition coefficient (Wildman–Crippen LogP) is 3.61. The fourth-order valence-electron chi connectivity index (χ4n) is 3.97. The Balaban J connectivity index is 1.57. The molecular weight excluding hydrogens is 328 g/mol. The molecular formula is C20H30N4O2. The van der Waals surface area contributed by atoms with Crippen molar-refractivity contribution in [1.29, 1.82) is 0 Å². The lowest BCUT2D eigenvalue weighted by atomic mass is 9.76. The van der Waals surface area contributed by atoms with E-state index in [0.29, 0.717) is 17.1 Å². The van der Waals surface area contributed by atoms with Gasteiger partial charge in [0.05, 0.1) is 11.2 Å². The molecule has 1 saturated carbocycles. The topological polar surface area (TPSA) is 68.5 Å². The minimum Gasteiger partial charge on any atom is -0.375 e. The van der Waals surface area contributed by atoms with Crippen molar-refractivity contribution >= 4 is 11.6 Å². The van der Waals surface area contributed by atoms with Crippen LogP contribution in [0.5, 0.6) is 0 Å². The minimum absolute atomic E-state index is 0.0597. The highest BCUT2D eigenvalue weighted by Gasteiger charge is 2.37.